The van der Waals surface area contributed by atoms with E-state index < -0.39 is 43.4 Å². The van der Waals surface area contributed by atoms with E-state index in [-0.39, 0.29) is 19.2 Å². The molecule has 1 rings (SSSR count). The Balaban J connectivity index is 2.20. The summed E-state index contributed by atoms with van der Waals surface area (Å²) in [4.78, 5) is 12.7. The Hall–Kier alpha value is -0.810. The summed E-state index contributed by atoms with van der Waals surface area (Å²) in [6.45, 7) is 4.55. The second-order valence-corrected chi connectivity index (χ2v) is 14.5. The Morgan fingerprint density at radius 1 is 0.571 bits per heavy atom. The lowest BCUT2D eigenvalue weighted by molar-refractivity contribution is -0.305. The monoisotopic (exact) mass is 703 g/mol. The lowest BCUT2D eigenvalue weighted by atomic mass is 9.99. The van der Waals surface area contributed by atoms with Crippen LogP contribution in [0.5, 0.6) is 0 Å². The maximum absolute atomic E-state index is 12.7. The molecule has 0 aromatic heterocycles. The maximum atomic E-state index is 12.7. The molecule has 0 aliphatic carbocycles. The van der Waals surface area contributed by atoms with Crippen molar-refractivity contribution in [2.45, 2.75) is 224 Å². The van der Waals surface area contributed by atoms with Crippen LogP contribution in [0.1, 0.15) is 187 Å². The second-order valence-electron chi connectivity index (χ2n) is 14.5. The lowest BCUT2D eigenvalue weighted by Crippen LogP contribution is -2.59. The van der Waals surface area contributed by atoms with E-state index in [1.165, 1.54) is 135 Å². The molecule has 1 fully saturated rings. The molecule has 0 aromatic carbocycles. The van der Waals surface area contributed by atoms with Crippen LogP contribution in [-0.2, 0) is 23.7 Å². The van der Waals surface area contributed by atoms with Crippen molar-refractivity contribution in [3.05, 3.63) is 0 Å². The number of rotatable bonds is 35. The van der Waals surface area contributed by atoms with Gasteiger partial charge in [-0.2, -0.15) is 0 Å². The van der Waals surface area contributed by atoms with Crippen LogP contribution in [0.15, 0.2) is 0 Å². The topological polar surface area (TPSA) is 135 Å². The number of carbonyl (C=O) groups excluding carboxylic acids is 1. The molecule has 49 heavy (non-hydrogen) atoms. The van der Waals surface area contributed by atoms with Gasteiger partial charge < -0.3 is 39.4 Å². The van der Waals surface area contributed by atoms with Crippen LogP contribution in [0, 0.1) is 0 Å². The largest absolute Gasteiger partial charge is 0.457 e. The van der Waals surface area contributed by atoms with Crippen LogP contribution in [0.2, 0.25) is 0 Å². The first-order valence-corrected chi connectivity index (χ1v) is 20.6. The van der Waals surface area contributed by atoms with Crippen LogP contribution in [0.3, 0.4) is 0 Å². The van der Waals surface area contributed by atoms with Crippen LogP contribution in [0.4, 0.5) is 0 Å². The van der Waals surface area contributed by atoms with Gasteiger partial charge in [-0.3, -0.25) is 4.79 Å². The Labute approximate surface area is 300 Å². The van der Waals surface area contributed by atoms with Gasteiger partial charge in [0.2, 0.25) is 0 Å². The molecule has 1 saturated heterocycles. The van der Waals surface area contributed by atoms with Gasteiger partial charge in [-0.05, 0) is 12.8 Å². The van der Waals surface area contributed by atoms with Gasteiger partial charge in [0.25, 0.3) is 0 Å². The number of hydrogen-bond donors (Lipinski definition) is 4. The van der Waals surface area contributed by atoms with Crippen LogP contribution < -0.4 is 0 Å². The fourth-order valence-corrected chi connectivity index (χ4v) is 6.49. The lowest BCUT2D eigenvalue weighted by Gasteiger charge is -2.39. The van der Waals surface area contributed by atoms with Gasteiger partial charge in [-0.25, -0.2) is 0 Å². The first kappa shape index (κ1) is 46.2. The average Bonchev–Trinajstić information content (AvgIpc) is 3.10. The van der Waals surface area contributed by atoms with Gasteiger partial charge in [0, 0.05) is 13.0 Å². The summed E-state index contributed by atoms with van der Waals surface area (Å²) < 4.78 is 22.6. The molecule has 6 unspecified atom stereocenters. The van der Waals surface area contributed by atoms with E-state index in [9.17, 15) is 25.2 Å². The summed E-state index contributed by atoms with van der Waals surface area (Å²) in [7, 11) is 0. The molecule has 0 radical (unpaired) electrons. The number of carbonyl (C=O) groups is 1. The molecular formula is C40H78O9. The van der Waals surface area contributed by atoms with E-state index in [4.69, 9.17) is 18.9 Å². The third-order valence-electron chi connectivity index (χ3n) is 9.77. The van der Waals surface area contributed by atoms with Crippen molar-refractivity contribution in [1.82, 2.24) is 0 Å². The summed E-state index contributed by atoms with van der Waals surface area (Å²) in [5, 5.41) is 39.9. The molecule has 0 bridgehead atoms. The molecule has 6 atom stereocenters. The third kappa shape index (κ3) is 24.9. The molecule has 0 amide bonds. The molecule has 9 nitrogen and oxygen atoms in total. The average molecular weight is 703 g/mol. The summed E-state index contributed by atoms with van der Waals surface area (Å²) in [5.41, 5.74) is 0. The van der Waals surface area contributed by atoms with Gasteiger partial charge in [-0.1, -0.05) is 168 Å². The van der Waals surface area contributed by atoms with Gasteiger partial charge in [-0.15, -0.1) is 0 Å². The summed E-state index contributed by atoms with van der Waals surface area (Å²) >= 11 is 0. The van der Waals surface area contributed by atoms with Crippen molar-refractivity contribution in [3.63, 3.8) is 0 Å². The zero-order chi connectivity index (χ0) is 35.8. The van der Waals surface area contributed by atoms with E-state index in [0.29, 0.717) is 13.0 Å². The minimum atomic E-state index is -1.53. The molecule has 0 aromatic rings. The standard InChI is InChI=1S/C40H78O9/c1-3-5-7-9-11-12-13-14-15-16-17-18-19-20-21-22-23-25-27-29-36(42)48-34(32-46-30-28-26-24-10-8-6-4-2)33-47-40-39(45)38(44)37(43)35(31-41)49-40/h34-35,37-41,43-45H,3-33H2,1-2H3. The highest BCUT2D eigenvalue weighted by molar-refractivity contribution is 5.69. The highest BCUT2D eigenvalue weighted by atomic mass is 16.7. The Bertz CT molecular complexity index is 722. The third-order valence-corrected chi connectivity index (χ3v) is 9.77. The molecule has 9 heteroatoms. The van der Waals surface area contributed by atoms with E-state index in [1.54, 1.807) is 0 Å². The molecule has 1 aliphatic rings. The summed E-state index contributed by atoms with van der Waals surface area (Å²) in [6, 6.07) is 0. The molecule has 0 saturated carbocycles. The first-order valence-electron chi connectivity index (χ1n) is 20.6. The van der Waals surface area contributed by atoms with Gasteiger partial charge in [0.15, 0.2) is 6.29 Å². The van der Waals surface area contributed by atoms with E-state index in [1.807, 2.05) is 0 Å². The van der Waals surface area contributed by atoms with Crippen LogP contribution in [-0.4, -0.2) is 89.6 Å². The SMILES string of the molecule is CCCCCCCCCCCCCCCCCCCCCC(=O)OC(COCCCCCCCCC)COC1OC(CO)C(O)C(O)C1O. The number of unbranched alkanes of at least 4 members (excludes halogenated alkanes) is 24. The Kier molecular flexibility index (Phi) is 31.2. The van der Waals surface area contributed by atoms with Crippen LogP contribution in [0.25, 0.3) is 0 Å². The van der Waals surface area contributed by atoms with Gasteiger partial charge in [0.05, 0.1) is 19.8 Å². The van der Waals surface area contributed by atoms with E-state index in [2.05, 4.69) is 13.8 Å². The van der Waals surface area contributed by atoms with Crippen LogP contribution >= 0.6 is 0 Å². The van der Waals surface area contributed by atoms with Gasteiger partial charge in [0.1, 0.15) is 30.5 Å². The van der Waals surface area contributed by atoms with Crippen molar-refractivity contribution >= 4 is 5.97 Å². The zero-order valence-corrected chi connectivity index (χ0v) is 31.7. The van der Waals surface area contributed by atoms with Crippen molar-refractivity contribution in [1.29, 1.82) is 0 Å². The summed E-state index contributed by atoms with van der Waals surface area (Å²) in [6.07, 6.45) is 25.7. The molecule has 1 heterocycles. The van der Waals surface area contributed by atoms with Gasteiger partial charge >= 0.3 is 5.97 Å². The van der Waals surface area contributed by atoms with E-state index in [0.717, 1.165) is 32.1 Å². The smallest absolute Gasteiger partial charge is 0.306 e. The highest BCUT2D eigenvalue weighted by Gasteiger charge is 2.44. The zero-order valence-electron chi connectivity index (χ0n) is 31.7. The predicted molar refractivity (Wildman–Crippen MR) is 196 cm³/mol. The fourth-order valence-electron chi connectivity index (χ4n) is 6.49. The minimum absolute atomic E-state index is 0.107. The Morgan fingerprint density at radius 3 is 1.45 bits per heavy atom. The molecule has 1 aliphatic heterocycles. The number of esters is 1. The highest BCUT2D eigenvalue weighted by Crippen LogP contribution is 2.22. The predicted octanol–water partition coefficient (Wildman–Crippen LogP) is 8.30. The molecule has 4 N–H and O–H groups in total. The number of ether oxygens (including phenoxy) is 4. The van der Waals surface area contributed by atoms with Crippen molar-refractivity contribution in [2.24, 2.45) is 0 Å². The number of aliphatic hydroxyl groups is 4. The van der Waals surface area contributed by atoms with E-state index >= 15 is 0 Å². The second kappa shape index (κ2) is 33.1. The number of aliphatic hydroxyl groups excluding tert-OH is 4. The maximum Gasteiger partial charge on any atom is 0.306 e. The fraction of sp³-hybridized carbons (Fsp3) is 0.975. The Morgan fingerprint density at radius 2 is 1.00 bits per heavy atom. The molecule has 0 spiro atoms. The normalized spacial score (nSPS) is 21.6. The van der Waals surface area contributed by atoms with Crippen molar-refractivity contribution in [2.75, 3.05) is 26.4 Å². The molecule has 292 valence electrons. The van der Waals surface area contributed by atoms with Crippen molar-refractivity contribution in [3.8, 4) is 0 Å². The number of hydrogen-bond acceptors (Lipinski definition) is 9. The molecular weight excluding hydrogens is 624 g/mol. The quantitative estimate of drug-likeness (QED) is 0.0380. The first-order chi connectivity index (χ1) is 23.9. The minimum Gasteiger partial charge on any atom is -0.457 e. The van der Waals surface area contributed by atoms with Crippen molar-refractivity contribution < 1.29 is 44.2 Å². The summed E-state index contributed by atoms with van der Waals surface area (Å²) in [5.74, 6) is -0.311.